The Bertz CT molecular complexity index is 704. The molecule has 6 nitrogen and oxygen atoms in total. The number of hydrogen-bond donors (Lipinski definition) is 1. The van der Waals surface area contributed by atoms with Crippen molar-refractivity contribution in [2.24, 2.45) is 0 Å². The van der Waals surface area contributed by atoms with Gasteiger partial charge >= 0.3 is 0 Å². The van der Waals surface area contributed by atoms with E-state index in [1.54, 1.807) is 22.3 Å². The lowest BCUT2D eigenvalue weighted by atomic mass is 10.1. The van der Waals surface area contributed by atoms with Crippen molar-refractivity contribution in [2.75, 3.05) is 5.32 Å². The van der Waals surface area contributed by atoms with E-state index in [-0.39, 0.29) is 6.04 Å². The molecule has 1 atom stereocenters. The minimum absolute atomic E-state index is 0.173. The zero-order chi connectivity index (χ0) is 15.4. The van der Waals surface area contributed by atoms with Gasteiger partial charge in [0.2, 0.25) is 5.13 Å². The average molecular weight is 314 g/mol. The van der Waals surface area contributed by atoms with Crippen LogP contribution in [-0.4, -0.2) is 25.0 Å². The van der Waals surface area contributed by atoms with Crippen LogP contribution in [0.3, 0.4) is 0 Å². The van der Waals surface area contributed by atoms with E-state index < -0.39 is 0 Å². The van der Waals surface area contributed by atoms with E-state index in [1.165, 1.54) is 11.9 Å². The fraction of sp³-hybridized carbons (Fsp3) is 0.333. The van der Waals surface area contributed by atoms with E-state index in [0.717, 1.165) is 28.7 Å². The number of hydrogen-bond acceptors (Lipinski definition) is 6. The van der Waals surface area contributed by atoms with Crippen LogP contribution in [0.1, 0.15) is 36.9 Å². The molecule has 0 aliphatic carbocycles. The summed E-state index contributed by atoms with van der Waals surface area (Å²) >= 11 is 1.63. The molecule has 1 unspecified atom stereocenters. The summed E-state index contributed by atoms with van der Waals surface area (Å²) in [4.78, 5) is 3.95. The molecule has 0 saturated heterocycles. The zero-order valence-corrected chi connectivity index (χ0v) is 13.4. The lowest BCUT2D eigenvalue weighted by Crippen LogP contribution is -2.06. The molecular formula is C15H18N6S. The van der Waals surface area contributed by atoms with Gasteiger partial charge in [-0.2, -0.15) is 5.10 Å². The van der Waals surface area contributed by atoms with Crippen molar-refractivity contribution in [3.8, 4) is 5.69 Å². The summed E-state index contributed by atoms with van der Waals surface area (Å²) < 4.78 is 1.74. The average Bonchev–Trinajstić information content (AvgIpc) is 3.20. The van der Waals surface area contributed by atoms with Crippen LogP contribution in [0.2, 0.25) is 0 Å². The van der Waals surface area contributed by atoms with Crippen LogP contribution in [0.5, 0.6) is 0 Å². The number of nitrogens with one attached hydrogen (secondary N) is 1. The molecule has 0 aliphatic heterocycles. The Morgan fingerprint density at radius 2 is 2.05 bits per heavy atom. The van der Waals surface area contributed by atoms with Gasteiger partial charge in [0.15, 0.2) is 0 Å². The molecule has 1 aromatic carbocycles. The third-order valence-electron chi connectivity index (χ3n) is 3.35. The van der Waals surface area contributed by atoms with Crippen molar-refractivity contribution in [2.45, 2.75) is 32.7 Å². The molecule has 0 aliphatic rings. The fourth-order valence-electron chi connectivity index (χ4n) is 2.15. The number of benzene rings is 1. The second-order valence-corrected chi connectivity index (χ2v) is 6.11. The van der Waals surface area contributed by atoms with Gasteiger partial charge in [-0.25, -0.2) is 9.67 Å². The van der Waals surface area contributed by atoms with Crippen molar-refractivity contribution in [3.05, 3.63) is 47.5 Å². The Hall–Kier alpha value is -2.28. The topological polar surface area (TPSA) is 68.5 Å². The largest absolute Gasteiger partial charge is 0.354 e. The maximum Gasteiger partial charge on any atom is 0.206 e. The van der Waals surface area contributed by atoms with E-state index in [0.29, 0.717) is 0 Å². The van der Waals surface area contributed by atoms with Crippen molar-refractivity contribution >= 4 is 16.5 Å². The van der Waals surface area contributed by atoms with Gasteiger partial charge in [-0.05, 0) is 31.0 Å². The molecule has 3 aromatic rings. The zero-order valence-electron chi connectivity index (χ0n) is 12.6. The Kier molecular flexibility index (Phi) is 4.43. The molecule has 2 aromatic heterocycles. The number of anilines is 1. The van der Waals surface area contributed by atoms with Crippen LogP contribution < -0.4 is 5.32 Å². The van der Waals surface area contributed by atoms with Crippen LogP contribution in [0.15, 0.2) is 36.9 Å². The highest BCUT2D eigenvalue weighted by atomic mass is 32.1. The van der Waals surface area contributed by atoms with Gasteiger partial charge in [0.05, 0.1) is 11.7 Å². The minimum atomic E-state index is 0.173. The van der Waals surface area contributed by atoms with Crippen LogP contribution >= 0.6 is 11.3 Å². The highest BCUT2D eigenvalue weighted by molar-refractivity contribution is 7.15. The van der Waals surface area contributed by atoms with E-state index in [9.17, 15) is 0 Å². The van der Waals surface area contributed by atoms with Crippen molar-refractivity contribution in [1.29, 1.82) is 0 Å². The molecule has 0 fully saturated rings. The van der Waals surface area contributed by atoms with Crippen LogP contribution in [-0.2, 0) is 6.42 Å². The highest BCUT2D eigenvalue weighted by Crippen LogP contribution is 2.23. The summed E-state index contributed by atoms with van der Waals surface area (Å²) in [5.41, 5.74) is 2.19. The maximum absolute atomic E-state index is 4.19. The van der Waals surface area contributed by atoms with Gasteiger partial charge in [-0.3, -0.25) is 0 Å². The number of rotatable bonds is 6. The number of aryl methyl sites for hydroxylation is 1. The monoisotopic (exact) mass is 314 g/mol. The van der Waals surface area contributed by atoms with Gasteiger partial charge in [0.25, 0.3) is 0 Å². The first-order valence-corrected chi connectivity index (χ1v) is 8.12. The lowest BCUT2D eigenvalue weighted by molar-refractivity contribution is 0.850. The lowest BCUT2D eigenvalue weighted by Gasteiger charge is -2.13. The van der Waals surface area contributed by atoms with Crippen LogP contribution in [0.25, 0.3) is 5.69 Å². The van der Waals surface area contributed by atoms with Gasteiger partial charge in [0, 0.05) is 6.42 Å². The quantitative estimate of drug-likeness (QED) is 0.756. The van der Waals surface area contributed by atoms with Crippen LogP contribution in [0.4, 0.5) is 5.13 Å². The molecular weight excluding hydrogens is 296 g/mol. The summed E-state index contributed by atoms with van der Waals surface area (Å²) in [5.74, 6) is 0. The molecule has 114 valence electrons. The van der Waals surface area contributed by atoms with Gasteiger partial charge < -0.3 is 5.32 Å². The van der Waals surface area contributed by atoms with Crippen molar-refractivity contribution in [1.82, 2.24) is 25.0 Å². The first-order chi connectivity index (χ1) is 10.8. The molecule has 2 heterocycles. The van der Waals surface area contributed by atoms with E-state index in [2.05, 4.69) is 51.6 Å². The second-order valence-electron chi connectivity index (χ2n) is 5.05. The predicted octanol–water partition coefficient (Wildman–Crippen LogP) is 3.24. The van der Waals surface area contributed by atoms with Crippen molar-refractivity contribution < 1.29 is 0 Å². The molecule has 7 heteroatoms. The minimum Gasteiger partial charge on any atom is -0.354 e. The second kappa shape index (κ2) is 6.65. The normalized spacial score (nSPS) is 12.3. The molecule has 0 bridgehead atoms. The first-order valence-electron chi connectivity index (χ1n) is 7.30. The Morgan fingerprint density at radius 3 is 2.73 bits per heavy atom. The summed E-state index contributed by atoms with van der Waals surface area (Å²) in [6.45, 7) is 4.26. The fourth-order valence-corrected chi connectivity index (χ4v) is 3.08. The van der Waals surface area contributed by atoms with E-state index in [1.807, 2.05) is 12.1 Å². The Balaban J connectivity index is 1.67. The van der Waals surface area contributed by atoms with Gasteiger partial charge in [0.1, 0.15) is 17.7 Å². The maximum atomic E-state index is 4.19. The van der Waals surface area contributed by atoms with Crippen molar-refractivity contribution in [3.63, 3.8) is 0 Å². The summed E-state index contributed by atoms with van der Waals surface area (Å²) in [6, 6.07) is 8.41. The standard InChI is InChI=1S/C15H18N6S/c1-3-4-14-19-20-15(22-14)18-11(2)12-5-7-13(8-6-12)21-10-16-9-17-21/h5-11H,3-4H2,1-2H3,(H,18,20). The third kappa shape index (κ3) is 3.30. The summed E-state index contributed by atoms with van der Waals surface area (Å²) in [6.07, 6.45) is 5.29. The van der Waals surface area contributed by atoms with Gasteiger partial charge in [-0.15, -0.1) is 10.2 Å². The SMILES string of the molecule is CCCc1nnc(NC(C)c2ccc(-n3cncn3)cc2)s1. The molecule has 1 N–H and O–H groups in total. The first kappa shape index (κ1) is 14.6. The third-order valence-corrected chi connectivity index (χ3v) is 4.26. The summed E-state index contributed by atoms with van der Waals surface area (Å²) in [7, 11) is 0. The molecule has 0 radical (unpaired) electrons. The molecule has 22 heavy (non-hydrogen) atoms. The number of aromatic nitrogens is 5. The molecule has 0 spiro atoms. The smallest absolute Gasteiger partial charge is 0.206 e. The van der Waals surface area contributed by atoms with Gasteiger partial charge in [-0.1, -0.05) is 30.4 Å². The van der Waals surface area contributed by atoms with Crippen LogP contribution in [0, 0.1) is 0 Å². The summed E-state index contributed by atoms with van der Waals surface area (Å²) in [5, 5.41) is 17.9. The molecule has 0 saturated carbocycles. The predicted molar refractivity (Wildman–Crippen MR) is 87.3 cm³/mol. The molecule has 0 amide bonds. The molecule has 3 rings (SSSR count). The Morgan fingerprint density at radius 1 is 1.23 bits per heavy atom. The van der Waals surface area contributed by atoms with E-state index >= 15 is 0 Å². The number of nitrogens with zero attached hydrogens (tertiary/aromatic N) is 5. The Labute approximate surface area is 133 Å². The van der Waals surface area contributed by atoms with E-state index in [4.69, 9.17) is 0 Å². The highest BCUT2D eigenvalue weighted by Gasteiger charge is 2.09.